The van der Waals surface area contributed by atoms with Gasteiger partial charge >= 0.3 is 0 Å². The lowest BCUT2D eigenvalue weighted by molar-refractivity contribution is 0.102. The second-order valence-electron chi connectivity index (χ2n) is 6.57. The first-order valence-electron chi connectivity index (χ1n) is 8.75. The summed E-state index contributed by atoms with van der Waals surface area (Å²) in [7, 11) is 0. The standard InChI is InChI=1S/C21H18F3N3O2/c1-11-5-13(6-17(22)20(23)24)3-4-16(11)21(29)27-15-8-19-18(26-10-15)7-14(9-25-19)12(2)28/h3-10,12,20,28H,1-2H3,(H,27,29). The molecule has 1 amide bonds. The van der Waals surface area contributed by atoms with E-state index in [2.05, 4.69) is 15.3 Å². The molecule has 0 spiro atoms. The van der Waals surface area contributed by atoms with Crippen LogP contribution in [0, 0.1) is 6.92 Å². The van der Waals surface area contributed by atoms with E-state index in [1.165, 1.54) is 30.6 Å². The van der Waals surface area contributed by atoms with Gasteiger partial charge in [-0.15, -0.1) is 0 Å². The number of aliphatic hydroxyl groups is 1. The van der Waals surface area contributed by atoms with Gasteiger partial charge in [0.05, 0.1) is 29.0 Å². The lowest BCUT2D eigenvalue weighted by atomic mass is 10.0. The number of aryl methyl sites for hydroxylation is 1. The van der Waals surface area contributed by atoms with Crippen molar-refractivity contribution >= 4 is 28.7 Å². The van der Waals surface area contributed by atoms with Gasteiger partial charge in [-0.2, -0.15) is 0 Å². The molecule has 3 aromatic rings. The Balaban J connectivity index is 1.81. The molecular formula is C21H18F3N3O2. The summed E-state index contributed by atoms with van der Waals surface area (Å²) in [6.45, 7) is 3.26. The summed E-state index contributed by atoms with van der Waals surface area (Å²) < 4.78 is 37.7. The number of nitrogens with one attached hydrogen (secondary N) is 1. The molecule has 3 rings (SSSR count). The summed E-state index contributed by atoms with van der Waals surface area (Å²) >= 11 is 0. The molecule has 2 heterocycles. The van der Waals surface area contributed by atoms with Gasteiger partial charge in [0.15, 0.2) is 5.83 Å². The highest BCUT2D eigenvalue weighted by molar-refractivity contribution is 6.05. The van der Waals surface area contributed by atoms with E-state index < -0.39 is 24.3 Å². The van der Waals surface area contributed by atoms with Crippen molar-refractivity contribution in [2.75, 3.05) is 5.32 Å². The van der Waals surface area contributed by atoms with Crippen LogP contribution in [-0.2, 0) is 0 Å². The molecule has 0 saturated carbocycles. The Bertz CT molecular complexity index is 1100. The number of hydrogen-bond donors (Lipinski definition) is 2. The Morgan fingerprint density at radius 3 is 2.48 bits per heavy atom. The highest BCUT2D eigenvalue weighted by atomic mass is 19.3. The summed E-state index contributed by atoms with van der Waals surface area (Å²) in [6, 6.07) is 7.65. The minimum absolute atomic E-state index is 0.238. The van der Waals surface area contributed by atoms with Crippen LogP contribution in [0.5, 0.6) is 0 Å². The molecule has 0 radical (unpaired) electrons. The first kappa shape index (κ1) is 20.5. The van der Waals surface area contributed by atoms with E-state index in [1.54, 1.807) is 26.0 Å². The number of carbonyl (C=O) groups is 1. The maximum atomic E-state index is 13.1. The Morgan fingerprint density at radius 2 is 1.83 bits per heavy atom. The van der Waals surface area contributed by atoms with Gasteiger partial charge in [-0.25, -0.2) is 13.2 Å². The fourth-order valence-corrected chi connectivity index (χ4v) is 2.77. The van der Waals surface area contributed by atoms with Crippen LogP contribution in [-0.4, -0.2) is 27.4 Å². The molecule has 0 aliphatic carbocycles. The van der Waals surface area contributed by atoms with Crippen molar-refractivity contribution in [3.63, 3.8) is 0 Å². The molecule has 29 heavy (non-hydrogen) atoms. The molecule has 5 nitrogen and oxygen atoms in total. The van der Waals surface area contributed by atoms with Gasteiger partial charge in [0, 0.05) is 17.3 Å². The minimum Gasteiger partial charge on any atom is -0.389 e. The summed E-state index contributed by atoms with van der Waals surface area (Å²) in [4.78, 5) is 21.0. The Hall–Kier alpha value is -3.26. The van der Waals surface area contributed by atoms with Crippen LogP contribution in [0.4, 0.5) is 18.9 Å². The van der Waals surface area contributed by atoms with Crippen molar-refractivity contribution in [2.24, 2.45) is 0 Å². The molecule has 0 aliphatic heterocycles. The van der Waals surface area contributed by atoms with Crippen LogP contribution in [0.3, 0.4) is 0 Å². The summed E-state index contributed by atoms with van der Waals surface area (Å²) in [6.07, 6.45) is -0.0975. The lowest BCUT2D eigenvalue weighted by Crippen LogP contribution is -2.13. The highest BCUT2D eigenvalue weighted by Crippen LogP contribution is 2.21. The zero-order valence-electron chi connectivity index (χ0n) is 15.7. The molecule has 2 N–H and O–H groups in total. The number of rotatable bonds is 5. The van der Waals surface area contributed by atoms with E-state index in [0.717, 1.165) is 6.08 Å². The van der Waals surface area contributed by atoms with E-state index in [0.29, 0.717) is 33.4 Å². The van der Waals surface area contributed by atoms with Crippen LogP contribution in [0.25, 0.3) is 17.1 Å². The van der Waals surface area contributed by atoms with E-state index in [4.69, 9.17) is 0 Å². The second kappa shape index (κ2) is 8.40. The molecular weight excluding hydrogens is 383 g/mol. The number of aromatic nitrogens is 2. The van der Waals surface area contributed by atoms with Gasteiger partial charge in [-0.1, -0.05) is 12.1 Å². The van der Waals surface area contributed by atoms with E-state index in [-0.39, 0.29) is 5.56 Å². The van der Waals surface area contributed by atoms with Gasteiger partial charge in [0.1, 0.15) is 0 Å². The third kappa shape index (κ3) is 4.78. The molecule has 1 aromatic carbocycles. The third-order valence-electron chi connectivity index (χ3n) is 4.30. The van der Waals surface area contributed by atoms with Gasteiger partial charge in [0.25, 0.3) is 12.3 Å². The number of fused-ring (bicyclic) bond motifs is 1. The molecule has 150 valence electrons. The Morgan fingerprint density at radius 1 is 1.14 bits per heavy atom. The van der Waals surface area contributed by atoms with E-state index >= 15 is 0 Å². The van der Waals surface area contributed by atoms with Crippen LogP contribution in [0.15, 0.2) is 48.6 Å². The number of benzene rings is 1. The molecule has 1 atom stereocenters. The first-order valence-corrected chi connectivity index (χ1v) is 8.75. The first-order chi connectivity index (χ1) is 13.7. The van der Waals surface area contributed by atoms with Crippen molar-refractivity contribution in [1.29, 1.82) is 0 Å². The SMILES string of the molecule is Cc1cc(C=C(F)C(F)F)ccc1C(=O)Nc1cnc2cc(C(C)O)cnc2c1. The fourth-order valence-electron chi connectivity index (χ4n) is 2.77. The lowest BCUT2D eigenvalue weighted by Gasteiger charge is -2.10. The van der Waals surface area contributed by atoms with Crippen LogP contribution in [0.2, 0.25) is 0 Å². The minimum atomic E-state index is -3.18. The number of aliphatic hydroxyl groups excluding tert-OH is 1. The molecule has 0 saturated heterocycles. The number of nitrogens with zero attached hydrogens (tertiary/aromatic N) is 2. The van der Waals surface area contributed by atoms with E-state index in [9.17, 15) is 23.1 Å². The highest BCUT2D eigenvalue weighted by Gasteiger charge is 2.13. The molecule has 0 aliphatic rings. The summed E-state index contributed by atoms with van der Waals surface area (Å²) in [5, 5.41) is 12.3. The number of amides is 1. The molecule has 8 heteroatoms. The van der Waals surface area contributed by atoms with Gasteiger partial charge in [0.2, 0.25) is 0 Å². The van der Waals surface area contributed by atoms with Crippen molar-refractivity contribution < 1.29 is 23.1 Å². The average Bonchev–Trinajstić information content (AvgIpc) is 2.67. The summed E-state index contributed by atoms with van der Waals surface area (Å²) in [5.41, 5.74) is 3.25. The number of anilines is 1. The van der Waals surface area contributed by atoms with Crippen molar-refractivity contribution in [3.8, 4) is 0 Å². The Labute approximate surface area is 164 Å². The normalized spacial score (nSPS) is 13.0. The van der Waals surface area contributed by atoms with Gasteiger partial charge in [-0.3, -0.25) is 14.8 Å². The zero-order valence-corrected chi connectivity index (χ0v) is 15.7. The number of halogens is 3. The largest absolute Gasteiger partial charge is 0.389 e. The molecule has 0 fully saturated rings. The average molecular weight is 401 g/mol. The van der Waals surface area contributed by atoms with Gasteiger partial charge < -0.3 is 10.4 Å². The number of hydrogen-bond acceptors (Lipinski definition) is 4. The Kier molecular flexibility index (Phi) is 5.93. The number of pyridine rings is 2. The number of allylic oxidation sites excluding steroid dienone is 1. The zero-order chi connectivity index (χ0) is 21.1. The molecule has 0 bridgehead atoms. The molecule has 1 unspecified atom stereocenters. The third-order valence-corrected chi connectivity index (χ3v) is 4.30. The van der Waals surface area contributed by atoms with Crippen LogP contribution in [0.1, 0.15) is 40.1 Å². The predicted octanol–water partition coefficient (Wildman–Crippen LogP) is 4.82. The quantitative estimate of drug-likeness (QED) is 0.643. The fraction of sp³-hybridized carbons (Fsp3) is 0.190. The van der Waals surface area contributed by atoms with Crippen molar-refractivity contribution in [3.05, 3.63) is 70.8 Å². The smallest absolute Gasteiger partial charge is 0.289 e. The van der Waals surface area contributed by atoms with Crippen molar-refractivity contribution in [1.82, 2.24) is 9.97 Å². The second-order valence-corrected chi connectivity index (χ2v) is 6.57. The van der Waals surface area contributed by atoms with Gasteiger partial charge in [-0.05, 0) is 49.2 Å². The maximum Gasteiger partial charge on any atom is 0.289 e. The number of carbonyl (C=O) groups excluding carboxylic acids is 1. The monoisotopic (exact) mass is 401 g/mol. The summed E-state index contributed by atoms with van der Waals surface area (Å²) in [5.74, 6) is -1.95. The van der Waals surface area contributed by atoms with Crippen molar-refractivity contribution in [2.45, 2.75) is 26.4 Å². The molecule has 2 aromatic heterocycles. The van der Waals surface area contributed by atoms with E-state index in [1.807, 2.05) is 0 Å². The maximum absolute atomic E-state index is 13.1. The predicted molar refractivity (Wildman–Crippen MR) is 104 cm³/mol. The topological polar surface area (TPSA) is 75.1 Å². The van der Waals surface area contributed by atoms with Crippen LogP contribution < -0.4 is 5.32 Å². The van der Waals surface area contributed by atoms with Crippen LogP contribution >= 0.6 is 0 Å². The number of alkyl halides is 2.